The molecule has 1 aromatic carbocycles. The maximum Gasteiger partial charge on any atom is 0.255 e. The highest BCUT2D eigenvalue weighted by Gasteiger charge is 2.33. The molecule has 3 aliphatic heterocycles. The molecule has 0 unspecified atom stereocenters. The van der Waals surface area contributed by atoms with Crippen molar-refractivity contribution in [1.29, 1.82) is 0 Å². The maximum absolute atomic E-state index is 12.7. The van der Waals surface area contributed by atoms with Gasteiger partial charge in [0.15, 0.2) is 0 Å². The zero-order chi connectivity index (χ0) is 20.2. The Labute approximate surface area is 177 Å². The second kappa shape index (κ2) is 9.45. The first-order chi connectivity index (χ1) is 14.1. The Balaban J connectivity index is 1.24. The zero-order valence-corrected chi connectivity index (χ0v) is 17.6. The molecule has 0 saturated carbocycles. The minimum Gasteiger partial charge on any atom is -0.378 e. The molecule has 1 aromatic rings. The van der Waals surface area contributed by atoms with Gasteiger partial charge in [0.1, 0.15) is 0 Å². The Bertz CT molecular complexity index is 722. The van der Waals surface area contributed by atoms with Gasteiger partial charge in [-0.05, 0) is 50.9 Å². The average molecular weight is 420 g/mol. The van der Waals surface area contributed by atoms with E-state index >= 15 is 0 Å². The number of amides is 2. The van der Waals surface area contributed by atoms with Crippen molar-refractivity contribution in [3.63, 3.8) is 0 Å². The minimum atomic E-state index is 0.0314. The second-order valence-corrected chi connectivity index (χ2v) is 8.66. The number of rotatable bonds is 3. The predicted molar refractivity (Wildman–Crippen MR) is 112 cm³/mol. The van der Waals surface area contributed by atoms with E-state index in [0.717, 1.165) is 65.0 Å². The van der Waals surface area contributed by atoms with E-state index in [9.17, 15) is 9.59 Å². The summed E-state index contributed by atoms with van der Waals surface area (Å²) in [5.74, 6) is 0.503. The maximum atomic E-state index is 12.7. The molecule has 0 bridgehead atoms. The number of carbonyl (C=O) groups is 2. The van der Waals surface area contributed by atoms with Gasteiger partial charge in [-0.1, -0.05) is 23.7 Å². The molecule has 2 amide bonds. The number of nitrogens with zero attached hydrogens (tertiary/aromatic N) is 3. The highest BCUT2D eigenvalue weighted by molar-refractivity contribution is 6.33. The van der Waals surface area contributed by atoms with Crippen molar-refractivity contribution in [2.24, 2.45) is 5.92 Å². The van der Waals surface area contributed by atoms with Crippen molar-refractivity contribution in [1.82, 2.24) is 14.7 Å². The van der Waals surface area contributed by atoms with Crippen LogP contribution in [0.5, 0.6) is 0 Å². The molecule has 7 heteroatoms. The van der Waals surface area contributed by atoms with E-state index < -0.39 is 0 Å². The molecular weight excluding hydrogens is 390 g/mol. The topological polar surface area (TPSA) is 53.1 Å². The minimum absolute atomic E-state index is 0.0314. The second-order valence-electron chi connectivity index (χ2n) is 8.25. The van der Waals surface area contributed by atoms with Gasteiger partial charge >= 0.3 is 0 Å². The number of hydrogen-bond donors (Lipinski definition) is 0. The summed E-state index contributed by atoms with van der Waals surface area (Å²) in [5.41, 5.74) is 0.593. The van der Waals surface area contributed by atoms with Gasteiger partial charge in [0.05, 0.1) is 23.8 Å². The van der Waals surface area contributed by atoms with Crippen molar-refractivity contribution < 1.29 is 14.3 Å². The van der Waals surface area contributed by atoms with E-state index in [1.165, 1.54) is 0 Å². The van der Waals surface area contributed by atoms with Crippen LogP contribution in [0.4, 0.5) is 0 Å². The van der Waals surface area contributed by atoms with Crippen molar-refractivity contribution in [2.45, 2.75) is 31.7 Å². The highest BCUT2D eigenvalue weighted by atomic mass is 35.5. The molecule has 29 heavy (non-hydrogen) atoms. The normalized spacial score (nSPS) is 22.7. The third-order valence-corrected chi connectivity index (χ3v) is 6.90. The largest absolute Gasteiger partial charge is 0.378 e. The van der Waals surface area contributed by atoms with E-state index in [0.29, 0.717) is 35.7 Å². The van der Waals surface area contributed by atoms with Crippen LogP contribution in [0.15, 0.2) is 24.3 Å². The third kappa shape index (κ3) is 4.76. The fourth-order valence-corrected chi connectivity index (χ4v) is 5.01. The molecule has 158 valence electrons. The average Bonchev–Trinajstić information content (AvgIpc) is 2.79. The lowest BCUT2D eigenvalue weighted by Crippen LogP contribution is -2.51. The Morgan fingerprint density at radius 2 is 1.52 bits per heavy atom. The standard InChI is InChI=1S/C22H30ClN3O3/c23-20-4-2-1-3-19(20)22(28)25-11-7-18(8-12-25)24-9-5-17(6-10-24)21(27)26-13-15-29-16-14-26/h1-4,17-18H,5-16H2. The van der Waals surface area contributed by atoms with Crippen LogP contribution in [0, 0.1) is 5.92 Å². The summed E-state index contributed by atoms with van der Waals surface area (Å²) in [7, 11) is 0. The lowest BCUT2D eigenvalue weighted by molar-refractivity contribution is -0.141. The highest BCUT2D eigenvalue weighted by Crippen LogP contribution is 2.26. The summed E-state index contributed by atoms with van der Waals surface area (Å²) in [6.45, 7) is 6.27. The molecule has 3 heterocycles. The molecule has 3 fully saturated rings. The number of benzene rings is 1. The number of likely N-dealkylation sites (tertiary alicyclic amines) is 2. The van der Waals surface area contributed by atoms with Gasteiger partial charge in [-0.3, -0.25) is 9.59 Å². The molecule has 0 spiro atoms. The van der Waals surface area contributed by atoms with Gasteiger partial charge in [0.2, 0.25) is 5.91 Å². The molecule has 0 aliphatic carbocycles. The smallest absolute Gasteiger partial charge is 0.255 e. The number of halogens is 1. The lowest BCUT2D eigenvalue weighted by atomic mass is 9.92. The van der Waals surface area contributed by atoms with Crippen LogP contribution < -0.4 is 0 Å². The Hall–Kier alpha value is -1.63. The lowest BCUT2D eigenvalue weighted by Gasteiger charge is -2.42. The fourth-order valence-electron chi connectivity index (χ4n) is 4.79. The van der Waals surface area contributed by atoms with Crippen LogP contribution in [0.3, 0.4) is 0 Å². The van der Waals surface area contributed by atoms with Crippen molar-refractivity contribution in [2.75, 3.05) is 52.5 Å². The first-order valence-electron chi connectivity index (χ1n) is 10.8. The first kappa shape index (κ1) is 20.6. The van der Waals surface area contributed by atoms with Gasteiger partial charge < -0.3 is 19.4 Å². The summed E-state index contributed by atoms with van der Waals surface area (Å²) in [4.78, 5) is 31.9. The molecule has 0 atom stereocenters. The van der Waals surface area contributed by atoms with E-state index in [2.05, 4.69) is 4.90 Å². The van der Waals surface area contributed by atoms with Gasteiger partial charge in [-0.2, -0.15) is 0 Å². The fraction of sp³-hybridized carbons (Fsp3) is 0.636. The van der Waals surface area contributed by atoms with Crippen molar-refractivity contribution in [3.8, 4) is 0 Å². The van der Waals surface area contributed by atoms with Crippen LogP contribution in [-0.2, 0) is 9.53 Å². The van der Waals surface area contributed by atoms with Gasteiger partial charge in [-0.15, -0.1) is 0 Å². The molecule has 0 N–H and O–H groups in total. The van der Waals surface area contributed by atoms with E-state index in [4.69, 9.17) is 16.3 Å². The van der Waals surface area contributed by atoms with Gasteiger partial charge in [0, 0.05) is 38.1 Å². The summed E-state index contributed by atoms with van der Waals surface area (Å²) < 4.78 is 5.36. The third-order valence-electron chi connectivity index (χ3n) is 6.57. The molecule has 0 radical (unpaired) electrons. The molecule has 4 rings (SSSR count). The Kier molecular flexibility index (Phi) is 6.73. The van der Waals surface area contributed by atoms with Crippen LogP contribution in [0.2, 0.25) is 5.02 Å². The van der Waals surface area contributed by atoms with Crippen molar-refractivity contribution >= 4 is 23.4 Å². The molecule has 6 nitrogen and oxygen atoms in total. The summed E-state index contributed by atoms with van der Waals surface area (Å²) in [6.07, 6.45) is 3.85. The monoisotopic (exact) mass is 419 g/mol. The molecule has 3 aliphatic rings. The quantitative estimate of drug-likeness (QED) is 0.755. The zero-order valence-electron chi connectivity index (χ0n) is 16.9. The summed E-state index contributed by atoms with van der Waals surface area (Å²) in [6, 6.07) is 7.77. The van der Waals surface area contributed by atoms with Crippen LogP contribution in [-0.4, -0.2) is 85.0 Å². The van der Waals surface area contributed by atoms with E-state index in [-0.39, 0.29) is 11.8 Å². The molecule has 3 saturated heterocycles. The number of piperidine rings is 2. The molecule has 0 aromatic heterocycles. The number of morpholine rings is 1. The van der Waals surface area contributed by atoms with E-state index in [1.54, 1.807) is 12.1 Å². The Morgan fingerprint density at radius 1 is 0.862 bits per heavy atom. The summed E-state index contributed by atoms with van der Waals surface area (Å²) >= 11 is 6.19. The predicted octanol–water partition coefficient (Wildman–Crippen LogP) is 2.52. The van der Waals surface area contributed by atoms with Crippen LogP contribution >= 0.6 is 11.6 Å². The first-order valence-corrected chi connectivity index (χ1v) is 11.2. The van der Waals surface area contributed by atoms with Gasteiger partial charge in [0.25, 0.3) is 5.91 Å². The summed E-state index contributed by atoms with van der Waals surface area (Å²) in [5, 5.41) is 0.520. The number of hydrogen-bond acceptors (Lipinski definition) is 4. The van der Waals surface area contributed by atoms with Crippen LogP contribution in [0.1, 0.15) is 36.0 Å². The van der Waals surface area contributed by atoms with Gasteiger partial charge in [-0.25, -0.2) is 0 Å². The van der Waals surface area contributed by atoms with Crippen molar-refractivity contribution in [3.05, 3.63) is 34.9 Å². The SMILES string of the molecule is O=C(c1ccccc1Cl)N1CCC(N2CCC(C(=O)N3CCOCC3)CC2)CC1. The van der Waals surface area contributed by atoms with Crippen LogP contribution in [0.25, 0.3) is 0 Å². The number of carbonyl (C=O) groups excluding carboxylic acids is 2. The number of ether oxygens (including phenoxy) is 1. The van der Waals surface area contributed by atoms with E-state index in [1.807, 2.05) is 21.9 Å². The molecular formula is C22H30ClN3O3. The Morgan fingerprint density at radius 3 is 2.17 bits per heavy atom.